The predicted octanol–water partition coefficient (Wildman–Crippen LogP) is 2.65. The fourth-order valence-electron chi connectivity index (χ4n) is 3.46. The first-order valence-corrected chi connectivity index (χ1v) is 8.19. The van der Waals surface area contributed by atoms with Gasteiger partial charge in [0.25, 0.3) is 5.92 Å². The zero-order valence-electron chi connectivity index (χ0n) is 12.8. The average molecular weight is 315 g/mol. The van der Waals surface area contributed by atoms with Crippen LogP contribution < -0.4 is 5.76 Å². The predicted molar refractivity (Wildman–Crippen MR) is 76.8 cm³/mol. The summed E-state index contributed by atoms with van der Waals surface area (Å²) < 4.78 is 32.8. The van der Waals surface area contributed by atoms with Gasteiger partial charge in [-0.05, 0) is 18.8 Å². The summed E-state index contributed by atoms with van der Waals surface area (Å²) in [5, 5.41) is 3.86. The van der Waals surface area contributed by atoms with Crippen molar-refractivity contribution in [3.63, 3.8) is 0 Å². The van der Waals surface area contributed by atoms with Gasteiger partial charge in [0, 0.05) is 32.5 Å². The zero-order valence-corrected chi connectivity index (χ0v) is 12.8. The number of aromatic nitrogens is 2. The van der Waals surface area contributed by atoms with Crippen LogP contribution in [0, 0.1) is 5.92 Å². The smallest absolute Gasteiger partial charge is 0.296 e. The number of hydrogen-bond acceptors (Lipinski definition) is 4. The second-order valence-electron chi connectivity index (χ2n) is 6.61. The van der Waals surface area contributed by atoms with Gasteiger partial charge in [0.15, 0.2) is 5.82 Å². The van der Waals surface area contributed by atoms with Crippen LogP contribution in [0.1, 0.15) is 50.8 Å². The van der Waals surface area contributed by atoms with Crippen LogP contribution >= 0.6 is 0 Å². The van der Waals surface area contributed by atoms with E-state index in [0.717, 1.165) is 12.8 Å². The molecule has 0 unspecified atom stereocenters. The van der Waals surface area contributed by atoms with Crippen LogP contribution in [0.2, 0.25) is 0 Å². The quantitative estimate of drug-likeness (QED) is 0.857. The number of rotatable bonds is 4. The summed E-state index contributed by atoms with van der Waals surface area (Å²) >= 11 is 0. The van der Waals surface area contributed by atoms with Crippen LogP contribution in [0.15, 0.2) is 9.32 Å². The van der Waals surface area contributed by atoms with Gasteiger partial charge in [-0.25, -0.2) is 13.6 Å². The van der Waals surface area contributed by atoms with E-state index in [4.69, 9.17) is 4.52 Å². The van der Waals surface area contributed by atoms with E-state index >= 15 is 0 Å². The second-order valence-corrected chi connectivity index (χ2v) is 6.61. The van der Waals surface area contributed by atoms with Crippen LogP contribution in [0.3, 0.4) is 0 Å². The third-order valence-corrected chi connectivity index (χ3v) is 4.88. The molecule has 0 radical (unpaired) electrons. The monoisotopic (exact) mass is 315 g/mol. The maximum Gasteiger partial charge on any atom is 0.441 e. The van der Waals surface area contributed by atoms with Gasteiger partial charge in [-0.15, -0.1) is 0 Å². The molecule has 2 heterocycles. The molecular weight excluding hydrogens is 292 g/mol. The highest BCUT2D eigenvalue weighted by atomic mass is 19.3. The lowest BCUT2D eigenvalue weighted by Crippen LogP contribution is -2.39. The fraction of sp³-hybridized carbons (Fsp3) is 0.867. The minimum absolute atomic E-state index is 0.127. The van der Waals surface area contributed by atoms with Crippen molar-refractivity contribution in [3.8, 4) is 0 Å². The molecule has 1 aliphatic carbocycles. The summed E-state index contributed by atoms with van der Waals surface area (Å²) in [6, 6.07) is 0. The third-order valence-electron chi connectivity index (χ3n) is 4.88. The van der Waals surface area contributed by atoms with Crippen molar-refractivity contribution in [2.45, 2.75) is 64.0 Å². The highest BCUT2D eigenvalue weighted by Crippen LogP contribution is 2.28. The Kier molecular flexibility index (Phi) is 4.61. The zero-order chi connectivity index (χ0) is 15.6. The lowest BCUT2D eigenvalue weighted by atomic mass is 9.89. The Bertz CT molecular complexity index is 539. The summed E-state index contributed by atoms with van der Waals surface area (Å²) in [7, 11) is 0. The SMILES string of the molecule is O=c1onc(CN2CCC(F)(F)CC2)n1CC1CCCCC1. The van der Waals surface area contributed by atoms with Gasteiger partial charge in [0.2, 0.25) is 0 Å². The Labute approximate surface area is 128 Å². The fourth-order valence-corrected chi connectivity index (χ4v) is 3.46. The van der Waals surface area contributed by atoms with E-state index in [0.29, 0.717) is 37.9 Å². The normalized spacial score (nSPS) is 23.7. The molecule has 1 aromatic rings. The molecule has 0 amide bonds. The van der Waals surface area contributed by atoms with E-state index in [1.165, 1.54) is 19.3 Å². The van der Waals surface area contributed by atoms with Crippen molar-refractivity contribution in [1.29, 1.82) is 0 Å². The van der Waals surface area contributed by atoms with Crippen LogP contribution in [-0.4, -0.2) is 33.6 Å². The van der Waals surface area contributed by atoms with E-state index in [1.54, 1.807) is 4.57 Å². The van der Waals surface area contributed by atoms with Gasteiger partial charge in [0.05, 0.1) is 6.54 Å². The highest BCUT2D eigenvalue weighted by molar-refractivity contribution is 4.88. The number of nitrogens with zero attached hydrogens (tertiary/aromatic N) is 3. The number of hydrogen-bond donors (Lipinski definition) is 0. The molecule has 0 atom stereocenters. The lowest BCUT2D eigenvalue weighted by Gasteiger charge is -2.31. The van der Waals surface area contributed by atoms with Crippen LogP contribution in [-0.2, 0) is 13.1 Å². The van der Waals surface area contributed by atoms with Crippen LogP contribution in [0.25, 0.3) is 0 Å². The molecule has 5 nitrogen and oxygen atoms in total. The minimum Gasteiger partial charge on any atom is -0.296 e. The van der Waals surface area contributed by atoms with Gasteiger partial charge in [0.1, 0.15) is 0 Å². The van der Waals surface area contributed by atoms with E-state index in [2.05, 4.69) is 5.16 Å². The molecule has 22 heavy (non-hydrogen) atoms. The lowest BCUT2D eigenvalue weighted by molar-refractivity contribution is -0.0572. The van der Waals surface area contributed by atoms with E-state index in [-0.39, 0.29) is 12.8 Å². The Balaban J connectivity index is 1.63. The van der Waals surface area contributed by atoms with Gasteiger partial charge in [-0.3, -0.25) is 14.0 Å². The molecule has 1 saturated carbocycles. The number of piperidine rings is 1. The van der Waals surface area contributed by atoms with E-state index in [9.17, 15) is 13.6 Å². The maximum absolute atomic E-state index is 13.2. The van der Waals surface area contributed by atoms with Crippen molar-refractivity contribution >= 4 is 0 Å². The van der Waals surface area contributed by atoms with Crippen molar-refractivity contribution in [1.82, 2.24) is 14.6 Å². The topological polar surface area (TPSA) is 51.3 Å². The Morgan fingerprint density at radius 3 is 2.55 bits per heavy atom. The molecule has 2 aliphatic rings. The molecule has 0 N–H and O–H groups in total. The summed E-state index contributed by atoms with van der Waals surface area (Å²) in [5.41, 5.74) is 0. The molecule has 2 fully saturated rings. The standard InChI is InChI=1S/C15H23F2N3O2/c16-15(17)6-8-19(9-7-15)11-13-18-22-14(21)20(13)10-12-4-2-1-3-5-12/h12H,1-11H2. The summed E-state index contributed by atoms with van der Waals surface area (Å²) in [4.78, 5) is 13.8. The molecule has 124 valence electrons. The molecule has 1 saturated heterocycles. The van der Waals surface area contributed by atoms with Gasteiger partial charge >= 0.3 is 5.76 Å². The second kappa shape index (κ2) is 6.48. The van der Waals surface area contributed by atoms with Crippen molar-refractivity contribution < 1.29 is 13.3 Å². The van der Waals surface area contributed by atoms with Gasteiger partial charge in [-0.1, -0.05) is 24.4 Å². The average Bonchev–Trinajstić information content (AvgIpc) is 2.84. The van der Waals surface area contributed by atoms with Crippen molar-refractivity contribution in [3.05, 3.63) is 16.4 Å². The molecule has 1 aromatic heterocycles. The Morgan fingerprint density at radius 2 is 1.86 bits per heavy atom. The molecular formula is C15H23F2N3O2. The largest absolute Gasteiger partial charge is 0.441 e. The summed E-state index contributed by atoms with van der Waals surface area (Å²) in [5.74, 6) is -1.92. The Hall–Kier alpha value is -1.24. The minimum atomic E-state index is -2.55. The maximum atomic E-state index is 13.2. The molecule has 1 aliphatic heterocycles. The summed E-state index contributed by atoms with van der Waals surface area (Å²) in [6.45, 7) is 1.71. The first kappa shape index (κ1) is 15.6. The highest BCUT2D eigenvalue weighted by Gasteiger charge is 2.34. The van der Waals surface area contributed by atoms with Gasteiger partial charge in [-0.2, -0.15) is 0 Å². The Morgan fingerprint density at radius 1 is 1.18 bits per heavy atom. The van der Waals surface area contributed by atoms with E-state index in [1.807, 2.05) is 4.90 Å². The molecule has 3 rings (SSSR count). The summed E-state index contributed by atoms with van der Waals surface area (Å²) in [6.07, 6.45) is 5.70. The van der Waals surface area contributed by atoms with Gasteiger partial charge < -0.3 is 0 Å². The molecule has 7 heteroatoms. The van der Waals surface area contributed by atoms with E-state index < -0.39 is 11.7 Å². The third kappa shape index (κ3) is 3.74. The van der Waals surface area contributed by atoms with Crippen LogP contribution in [0.5, 0.6) is 0 Å². The van der Waals surface area contributed by atoms with Crippen molar-refractivity contribution in [2.75, 3.05) is 13.1 Å². The number of likely N-dealkylation sites (tertiary alicyclic amines) is 1. The first-order valence-electron chi connectivity index (χ1n) is 8.19. The van der Waals surface area contributed by atoms with Crippen molar-refractivity contribution in [2.24, 2.45) is 5.92 Å². The number of alkyl halides is 2. The first-order chi connectivity index (χ1) is 10.5. The molecule has 0 aromatic carbocycles. The number of halogens is 2. The molecule has 0 spiro atoms. The van der Waals surface area contributed by atoms with Crippen LogP contribution in [0.4, 0.5) is 8.78 Å². The molecule has 0 bridgehead atoms.